The van der Waals surface area contributed by atoms with Gasteiger partial charge in [-0.2, -0.15) is 0 Å². The summed E-state index contributed by atoms with van der Waals surface area (Å²) >= 11 is 0. The molecule has 0 aliphatic heterocycles. The Bertz CT molecular complexity index is 202. The summed E-state index contributed by atoms with van der Waals surface area (Å²) in [5.74, 6) is 0. The molecule has 96 valence electrons. The van der Waals surface area contributed by atoms with E-state index in [0.717, 1.165) is 45.2 Å². The van der Waals surface area contributed by atoms with Gasteiger partial charge in [-0.1, -0.05) is 26.7 Å². The van der Waals surface area contributed by atoms with Gasteiger partial charge >= 0.3 is 0 Å². The molecule has 0 aromatic rings. The van der Waals surface area contributed by atoms with Crippen LogP contribution in [0.25, 0.3) is 0 Å². The predicted octanol–water partition coefficient (Wildman–Crippen LogP) is 1.63. The van der Waals surface area contributed by atoms with Crippen molar-refractivity contribution in [2.24, 2.45) is 5.41 Å². The van der Waals surface area contributed by atoms with Crippen molar-refractivity contribution in [3.8, 4) is 0 Å². The van der Waals surface area contributed by atoms with Crippen LogP contribution in [0.15, 0.2) is 0 Å². The lowest BCUT2D eigenvalue weighted by Crippen LogP contribution is -2.44. The van der Waals surface area contributed by atoms with E-state index in [4.69, 9.17) is 0 Å². The van der Waals surface area contributed by atoms with Crippen LogP contribution >= 0.6 is 0 Å². The number of hydrogen-bond acceptors (Lipinski definition) is 3. The molecule has 0 amide bonds. The summed E-state index contributed by atoms with van der Waals surface area (Å²) in [7, 11) is 2.04. The Balaban J connectivity index is 2.43. The summed E-state index contributed by atoms with van der Waals surface area (Å²) < 4.78 is 0. The third-order valence-corrected chi connectivity index (χ3v) is 3.99. The third-order valence-electron chi connectivity index (χ3n) is 3.99. The molecule has 0 radical (unpaired) electrons. The monoisotopic (exact) mass is 229 g/mol. The summed E-state index contributed by atoms with van der Waals surface area (Å²) in [6.07, 6.45) is 5.12. The average molecular weight is 229 g/mol. The summed E-state index contributed by atoms with van der Waals surface area (Å²) in [5.41, 5.74) is -0.511. The van der Waals surface area contributed by atoms with Gasteiger partial charge in [0.2, 0.25) is 0 Å². The molecule has 1 atom stereocenters. The molecule has 0 saturated heterocycles. The van der Waals surface area contributed by atoms with E-state index in [-0.39, 0.29) is 12.0 Å². The maximum absolute atomic E-state index is 10.3. The summed E-state index contributed by atoms with van der Waals surface area (Å²) in [4.78, 5) is 2.17. The molecule has 0 heterocycles. The molecule has 2 N–H and O–H groups in total. The van der Waals surface area contributed by atoms with E-state index < -0.39 is 5.60 Å². The minimum absolute atomic E-state index is 0.0380. The van der Waals surface area contributed by atoms with Gasteiger partial charge in [0.25, 0.3) is 0 Å². The number of nitrogens with zero attached hydrogens (tertiary/aromatic N) is 1. The van der Waals surface area contributed by atoms with Gasteiger partial charge in [0, 0.05) is 25.1 Å². The van der Waals surface area contributed by atoms with E-state index in [1.54, 1.807) is 0 Å². The van der Waals surface area contributed by atoms with Gasteiger partial charge in [-0.25, -0.2) is 0 Å². The molecular formula is C13H27NO2. The molecule has 0 spiro atoms. The first-order chi connectivity index (χ1) is 7.43. The van der Waals surface area contributed by atoms with Crippen molar-refractivity contribution in [3.05, 3.63) is 0 Å². The van der Waals surface area contributed by atoms with Crippen molar-refractivity contribution in [1.29, 1.82) is 0 Å². The van der Waals surface area contributed by atoms with Crippen molar-refractivity contribution in [2.45, 2.75) is 51.6 Å². The minimum atomic E-state index is -0.473. The van der Waals surface area contributed by atoms with Crippen LogP contribution in [0, 0.1) is 5.41 Å². The van der Waals surface area contributed by atoms with Gasteiger partial charge in [0.1, 0.15) is 0 Å². The SMILES string of the molecule is CCC(C)(CO)CN(C)CC1(O)CCCC1. The molecule has 0 aromatic carbocycles. The van der Waals surface area contributed by atoms with E-state index in [1.165, 1.54) is 0 Å². The molecule has 0 bridgehead atoms. The zero-order valence-corrected chi connectivity index (χ0v) is 11.0. The first-order valence-corrected chi connectivity index (χ1v) is 6.45. The molecule has 1 unspecified atom stereocenters. The van der Waals surface area contributed by atoms with E-state index in [0.29, 0.717) is 0 Å². The van der Waals surface area contributed by atoms with Gasteiger partial charge in [0.15, 0.2) is 0 Å². The highest BCUT2D eigenvalue weighted by Crippen LogP contribution is 2.31. The Morgan fingerprint density at radius 1 is 1.31 bits per heavy atom. The summed E-state index contributed by atoms with van der Waals surface area (Å²) in [6, 6.07) is 0. The lowest BCUT2D eigenvalue weighted by Gasteiger charge is -2.35. The quantitative estimate of drug-likeness (QED) is 0.727. The largest absolute Gasteiger partial charge is 0.396 e. The van der Waals surface area contributed by atoms with Crippen LogP contribution in [-0.4, -0.2) is 47.5 Å². The topological polar surface area (TPSA) is 43.7 Å². The summed E-state index contributed by atoms with van der Waals surface area (Å²) in [5, 5.41) is 19.7. The molecule has 3 heteroatoms. The summed E-state index contributed by atoms with van der Waals surface area (Å²) in [6.45, 7) is 6.01. The van der Waals surface area contributed by atoms with Crippen LogP contribution in [0.5, 0.6) is 0 Å². The first kappa shape index (κ1) is 13.9. The van der Waals surface area contributed by atoms with Crippen LogP contribution in [0.3, 0.4) is 0 Å². The van der Waals surface area contributed by atoms with Gasteiger partial charge in [-0.15, -0.1) is 0 Å². The Morgan fingerprint density at radius 3 is 2.31 bits per heavy atom. The average Bonchev–Trinajstić information content (AvgIpc) is 2.64. The second-order valence-electron chi connectivity index (χ2n) is 5.93. The van der Waals surface area contributed by atoms with Gasteiger partial charge < -0.3 is 15.1 Å². The number of hydrogen-bond donors (Lipinski definition) is 2. The Morgan fingerprint density at radius 2 is 1.88 bits per heavy atom. The van der Waals surface area contributed by atoms with Gasteiger partial charge in [-0.05, 0) is 26.3 Å². The number of rotatable bonds is 6. The maximum Gasteiger partial charge on any atom is 0.0774 e. The molecule has 1 rings (SSSR count). The zero-order valence-electron chi connectivity index (χ0n) is 11.0. The van der Waals surface area contributed by atoms with Crippen LogP contribution in [-0.2, 0) is 0 Å². The van der Waals surface area contributed by atoms with E-state index >= 15 is 0 Å². The van der Waals surface area contributed by atoms with Crippen LogP contribution in [0.1, 0.15) is 46.0 Å². The molecule has 1 aliphatic carbocycles. The smallest absolute Gasteiger partial charge is 0.0774 e. The van der Waals surface area contributed by atoms with E-state index in [2.05, 4.69) is 18.7 Å². The van der Waals surface area contributed by atoms with Crippen LogP contribution in [0.4, 0.5) is 0 Å². The standard InChI is InChI=1S/C13H27NO2/c1-4-12(2,11-15)9-14(3)10-13(16)7-5-6-8-13/h15-16H,4-11H2,1-3H3. The van der Waals surface area contributed by atoms with Crippen LogP contribution in [0.2, 0.25) is 0 Å². The fourth-order valence-corrected chi connectivity index (χ4v) is 2.67. The highest BCUT2D eigenvalue weighted by atomic mass is 16.3. The molecule has 1 aliphatic rings. The van der Waals surface area contributed by atoms with Crippen molar-refractivity contribution >= 4 is 0 Å². The highest BCUT2D eigenvalue weighted by Gasteiger charge is 2.33. The van der Waals surface area contributed by atoms with Crippen molar-refractivity contribution in [3.63, 3.8) is 0 Å². The van der Waals surface area contributed by atoms with Gasteiger partial charge in [0.05, 0.1) is 5.60 Å². The number of aliphatic hydroxyl groups is 2. The highest BCUT2D eigenvalue weighted by molar-refractivity contribution is 4.88. The van der Waals surface area contributed by atoms with Crippen molar-refractivity contribution < 1.29 is 10.2 Å². The Kier molecular flexibility index (Phi) is 4.77. The molecule has 3 nitrogen and oxygen atoms in total. The molecule has 1 fully saturated rings. The van der Waals surface area contributed by atoms with Gasteiger partial charge in [-0.3, -0.25) is 0 Å². The Hall–Kier alpha value is -0.120. The van der Waals surface area contributed by atoms with Crippen molar-refractivity contribution in [2.75, 3.05) is 26.7 Å². The normalized spacial score (nSPS) is 23.6. The second-order valence-corrected chi connectivity index (χ2v) is 5.93. The lowest BCUT2D eigenvalue weighted by atomic mass is 9.87. The number of aliphatic hydroxyl groups excluding tert-OH is 1. The van der Waals surface area contributed by atoms with Crippen LogP contribution < -0.4 is 0 Å². The second kappa shape index (κ2) is 5.48. The van der Waals surface area contributed by atoms with E-state index in [9.17, 15) is 10.2 Å². The van der Waals surface area contributed by atoms with E-state index in [1.807, 2.05) is 7.05 Å². The molecule has 1 saturated carbocycles. The lowest BCUT2D eigenvalue weighted by molar-refractivity contribution is -0.000507. The third kappa shape index (κ3) is 3.72. The van der Waals surface area contributed by atoms with Crippen molar-refractivity contribution in [1.82, 2.24) is 4.90 Å². The molecular weight excluding hydrogens is 202 g/mol. The fourth-order valence-electron chi connectivity index (χ4n) is 2.67. The predicted molar refractivity (Wildman–Crippen MR) is 66.4 cm³/mol. The maximum atomic E-state index is 10.3. The molecule has 0 aromatic heterocycles. The first-order valence-electron chi connectivity index (χ1n) is 6.45. The number of likely N-dealkylation sites (N-methyl/N-ethyl adjacent to an activating group) is 1. The minimum Gasteiger partial charge on any atom is -0.396 e. The molecule has 16 heavy (non-hydrogen) atoms. The zero-order chi connectivity index (χ0) is 12.2. The fraction of sp³-hybridized carbons (Fsp3) is 1.00. The Labute approximate surface area is 99.5 Å².